The van der Waals surface area contributed by atoms with E-state index >= 15 is 0 Å². The molecule has 2 N–H and O–H groups in total. The highest BCUT2D eigenvalue weighted by Crippen LogP contribution is 2.29. The minimum absolute atomic E-state index is 0.0237. The molecule has 0 amide bonds. The summed E-state index contributed by atoms with van der Waals surface area (Å²) in [6.07, 6.45) is 4.69. The van der Waals surface area contributed by atoms with E-state index in [2.05, 4.69) is 40.7 Å². The van der Waals surface area contributed by atoms with E-state index in [1.165, 1.54) is 24.0 Å². The molecular formula is C24H22FN3O2S. The zero-order chi connectivity index (χ0) is 22.1. The smallest absolute Gasteiger partial charge is 0.198 e. The van der Waals surface area contributed by atoms with Crippen LogP contribution in [0, 0.1) is 5.82 Å². The van der Waals surface area contributed by atoms with Crippen molar-refractivity contribution in [1.82, 2.24) is 9.97 Å². The molecule has 2 aromatic carbocycles. The maximum Gasteiger partial charge on any atom is 0.198 e. The van der Waals surface area contributed by atoms with E-state index in [-0.39, 0.29) is 11.3 Å². The fraction of sp³-hybridized carbons (Fsp3) is 0.167. The molecule has 0 saturated carbocycles. The minimum Gasteiger partial charge on any atom is -0.345 e. The quantitative estimate of drug-likeness (QED) is 0.397. The highest BCUT2D eigenvalue weighted by molar-refractivity contribution is 7.85. The van der Waals surface area contributed by atoms with Gasteiger partial charge in [-0.2, -0.15) is 0 Å². The van der Waals surface area contributed by atoms with Crippen molar-refractivity contribution in [3.63, 3.8) is 0 Å². The number of anilines is 1. The van der Waals surface area contributed by atoms with Crippen molar-refractivity contribution in [2.24, 2.45) is 0 Å². The average Bonchev–Trinajstić information content (AvgIpc) is 3.18. The van der Waals surface area contributed by atoms with Crippen LogP contribution in [0.15, 0.2) is 60.9 Å². The molecule has 1 atom stereocenters. The average molecular weight is 436 g/mol. The van der Waals surface area contributed by atoms with Crippen LogP contribution in [-0.2, 0) is 11.0 Å². The molecule has 4 rings (SSSR count). The van der Waals surface area contributed by atoms with Gasteiger partial charge in [-0.25, -0.2) is 13.6 Å². The Balaban J connectivity index is 1.74. The topological polar surface area (TPSA) is 74.8 Å². The summed E-state index contributed by atoms with van der Waals surface area (Å²) in [4.78, 5) is 20.6. The molecule has 158 valence electrons. The van der Waals surface area contributed by atoms with Crippen molar-refractivity contribution in [2.75, 3.05) is 11.0 Å². The van der Waals surface area contributed by atoms with Gasteiger partial charge in [-0.3, -0.25) is 4.79 Å². The summed E-state index contributed by atoms with van der Waals surface area (Å²) < 4.78 is 28.8. The lowest BCUT2D eigenvalue weighted by atomic mass is 9.98. The van der Waals surface area contributed by atoms with Crippen molar-refractivity contribution in [1.29, 1.82) is 0 Å². The summed E-state index contributed by atoms with van der Waals surface area (Å²) in [5.41, 5.74) is 3.91. The Bertz CT molecular complexity index is 1300. The summed E-state index contributed by atoms with van der Waals surface area (Å²) in [6.45, 7) is 4.28. The van der Waals surface area contributed by atoms with Crippen molar-refractivity contribution in [2.45, 2.75) is 19.8 Å². The first-order valence-corrected chi connectivity index (χ1v) is 11.4. The molecule has 0 fully saturated rings. The maximum atomic E-state index is 14.9. The summed E-state index contributed by atoms with van der Waals surface area (Å²) in [7, 11) is -1.45. The maximum absolute atomic E-state index is 14.9. The molecule has 7 heteroatoms. The summed E-state index contributed by atoms with van der Waals surface area (Å²) >= 11 is 0. The number of ketones is 1. The van der Waals surface area contributed by atoms with Crippen LogP contribution in [-0.4, -0.2) is 26.2 Å². The molecule has 31 heavy (non-hydrogen) atoms. The van der Waals surface area contributed by atoms with E-state index in [1.807, 2.05) is 18.2 Å². The molecular weight excluding hydrogens is 413 g/mol. The molecule has 0 bridgehead atoms. The normalized spacial score (nSPS) is 12.3. The largest absolute Gasteiger partial charge is 0.345 e. The highest BCUT2D eigenvalue weighted by atomic mass is 32.2. The molecule has 0 aliphatic rings. The van der Waals surface area contributed by atoms with Gasteiger partial charge in [0.25, 0.3) is 0 Å². The lowest BCUT2D eigenvalue weighted by Gasteiger charge is -2.09. The summed E-state index contributed by atoms with van der Waals surface area (Å²) in [5.74, 6) is -0.761. The lowest BCUT2D eigenvalue weighted by molar-refractivity contribution is 0.103. The van der Waals surface area contributed by atoms with Crippen molar-refractivity contribution < 1.29 is 13.4 Å². The van der Waals surface area contributed by atoms with E-state index in [4.69, 9.17) is 0 Å². The first kappa shape index (κ1) is 20.9. The van der Waals surface area contributed by atoms with Crippen molar-refractivity contribution in [3.8, 4) is 11.1 Å². The third-order valence-electron chi connectivity index (χ3n) is 5.18. The highest BCUT2D eigenvalue weighted by Gasteiger charge is 2.21. The minimum atomic E-state index is -1.45. The number of hydrogen-bond acceptors (Lipinski definition) is 3. The molecule has 0 aliphatic carbocycles. The molecule has 0 radical (unpaired) electrons. The van der Waals surface area contributed by atoms with Gasteiger partial charge >= 0.3 is 0 Å². The van der Waals surface area contributed by atoms with Crippen molar-refractivity contribution in [3.05, 3.63) is 83.4 Å². The first-order valence-electron chi connectivity index (χ1n) is 9.86. The fourth-order valence-corrected chi connectivity index (χ4v) is 3.96. The van der Waals surface area contributed by atoms with E-state index in [9.17, 15) is 13.4 Å². The van der Waals surface area contributed by atoms with Gasteiger partial charge in [0.05, 0.1) is 11.3 Å². The van der Waals surface area contributed by atoms with Crippen LogP contribution in [0.5, 0.6) is 0 Å². The second-order valence-corrected chi connectivity index (χ2v) is 8.76. The Morgan fingerprint density at radius 1 is 1.10 bits per heavy atom. The van der Waals surface area contributed by atoms with Crippen LogP contribution in [0.1, 0.15) is 41.3 Å². The Kier molecular flexibility index (Phi) is 5.69. The Morgan fingerprint density at radius 3 is 2.52 bits per heavy atom. The van der Waals surface area contributed by atoms with Crippen LogP contribution in [0.3, 0.4) is 0 Å². The van der Waals surface area contributed by atoms with Crippen molar-refractivity contribution >= 4 is 33.5 Å². The van der Waals surface area contributed by atoms with E-state index in [0.717, 1.165) is 11.1 Å². The molecule has 2 heterocycles. The standard InChI is InChI=1S/C24H22FN3O2S/c1-14(2)15-7-9-16(10-8-15)17-11-19-20(13-27-24(19)26-12-17)23(29)18-5-4-6-21(22(18)25)28-31(3)30/h4-14,28H,1-3H3,(H,26,27). The summed E-state index contributed by atoms with van der Waals surface area (Å²) in [6, 6.07) is 14.5. The number of H-pyrrole nitrogens is 1. The number of aromatic amines is 1. The van der Waals surface area contributed by atoms with Gasteiger partial charge in [-0.05, 0) is 35.2 Å². The molecule has 0 aliphatic heterocycles. The number of carbonyl (C=O) groups is 1. The second-order valence-electron chi connectivity index (χ2n) is 7.65. The molecule has 0 saturated heterocycles. The number of aromatic nitrogens is 2. The Hall–Kier alpha value is -3.32. The lowest BCUT2D eigenvalue weighted by Crippen LogP contribution is -2.09. The van der Waals surface area contributed by atoms with Crippen LogP contribution < -0.4 is 4.72 Å². The van der Waals surface area contributed by atoms with Gasteiger partial charge in [0.1, 0.15) is 16.6 Å². The van der Waals surface area contributed by atoms with Crippen LogP contribution in [0.4, 0.5) is 10.1 Å². The Morgan fingerprint density at radius 2 is 1.84 bits per heavy atom. The number of carbonyl (C=O) groups excluding carboxylic acids is 1. The third-order valence-corrected chi connectivity index (χ3v) is 5.69. The number of nitrogens with zero attached hydrogens (tertiary/aromatic N) is 1. The van der Waals surface area contributed by atoms with Crippen LogP contribution in [0.2, 0.25) is 0 Å². The number of rotatable bonds is 6. The Labute approximate surface area is 182 Å². The molecule has 4 aromatic rings. The molecule has 2 aromatic heterocycles. The molecule has 1 unspecified atom stereocenters. The van der Waals surface area contributed by atoms with Gasteiger partial charge in [-0.1, -0.05) is 44.2 Å². The third kappa shape index (κ3) is 4.14. The number of halogens is 1. The van der Waals surface area contributed by atoms with Crippen LogP contribution >= 0.6 is 0 Å². The number of hydrogen-bond donors (Lipinski definition) is 2. The monoisotopic (exact) mass is 435 g/mol. The fourth-order valence-electron chi connectivity index (χ4n) is 3.50. The van der Waals surface area contributed by atoms with Gasteiger partial charge in [0, 0.05) is 35.2 Å². The predicted molar refractivity (Wildman–Crippen MR) is 123 cm³/mol. The van der Waals surface area contributed by atoms with E-state index < -0.39 is 22.6 Å². The first-order chi connectivity index (χ1) is 14.8. The van der Waals surface area contributed by atoms with Gasteiger partial charge in [0.2, 0.25) is 0 Å². The second kappa shape index (κ2) is 8.43. The van der Waals surface area contributed by atoms with Gasteiger partial charge in [-0.15, -0.1) is 0 Å². The summed E-state index contributed by atoms with van der Waals surface area (Å²) in [5, 5.41) is 0.618. The van der Waals surface area contributed by atoms with Gasteiger partial charge in [0.15, 0.2) is 11.6 Å². The van der Waals surface area contributed by atoms with Crippen LogP contribution in [0.25, 0.3) is 22.2 Å². The number of benzene rings is 2. The van der Waals surface area contributed by atoms with E-state index in [1.54, 1.807) is 18.5 Å². The molecule has 0 spiro atoms. The molecule has 5 nitrogen and oxygen atoms in total. The van der Waals surface area contributed by atoms with E-state index in [0.29, 0.717) is 22.5 Å². The predicted octanol–water partition coefficient (Wildman–Crippen LogP) is 5.43. The SMILES string of the molecule is CC(C)c1ccc(-c2cnc3[nH]cc(C(=O)c4cccc(NS(C)=O)c4F)c3c2)cc1. The number of fused-ring (bicyclic) bond motifs is 1. The number of nitrogens with one attached hydrogen (secondary N) is 2. The van der Waals surface area contributed by atoms with Gasteiger partial charge < -0.3 is 9.71 Å². The zero-order valence-corrected chi connectivity index (χ0v) is 18.2. The number of pyridine rings is 1. The zero-order valence-electron chi connectivity index (χ0n) is 17.4.